The molecule has 0 saturated heterocycles. The van der Waals surface area contributed by atoms with Gasteiger partial charge in [0.05, 0.1) is 18.3 Å². The summed E-state index contributed by atoms with van der Waals surface area (Å²) in [7, 11) is 0. The van der Waals surface area contributed by atoms with Gasteiger partial charge in [-0.3, -0.25) is 14.8 Å². The minimum Gasteiger partial charge on any atom is -0.328 e. The van der Waals surface area contributed by atoms with Crippen molar-refractivity contribution >= 4 is 22.5 Å². The summed E-state index contributed by atoms with van der Waals surface area (Å²) in [4.78, 5) is 27.5. The SMILES string of the molecule is Cc1cc(C)c2c(c1)cc(CN(Cc1cccnc1)C(=O)c1cnccn1)c1nnnn12. The number of benzene rings is 1. The summed E-state index contributed by atoms with van der Waals surface area (Å²) in [6.45, 7) is 4.77. The van der Waals surface area contributed by atoms with Crippen LogP contribution in [0.25, 0.3) is 16.6 Å². The van der Waals surface area contributed by atoms with Crippen LogP contribution in [0.5, 0.6) is 0 Å². The first-order valence-corrected chi connectivity index (χ1v) is 10.2. The van der Waals surface area contributed by atoms with Gasteiger partial charge in [-0.2, -0.15) is 4.52 Å². The van der Waals surface area contributed by atoms with Gasteiger partial charge in [0.25, 0.3) is 5.91 Å². The van der Waals surface area contributed by atoms with E-state index in [1.807, 2.05) is 19.1 Å². The van der Waals surface area contributed by atoms with Crippen molar-refractivity contribution in [2.24, 2.45) is 0 Å². The molecule has 0 aliphatic heterocycles. The Morgan fingerprint density at radius 1 is 1.03 bits per heavy atom. The highest BCUT2D eigenvalue weighted by atomic mass is 16.2. The lowest BCUT2D eigenvalue weighted by atomic mass is 10.0. The molecular weight excluding hydrogens is 404 g/mol. The fourth-order valence-electron chi connectivity index (χ4n) is 3.99. The van der Waals surface area contributed by atoms with Gasteiger partial charge in [0.1, 0.15) is 5.69 Å². The molecule has 1 amide bonds. The second-order valence-corrected chi connectivity index (χ2v) is 7.72. The Balaban J connectivity index is 1.61. The number of nitrogens with zero attached hydrogens (tertiary/aromatic N) is 8. The third-order valence-corrected chi connectivity index (χ3v) is 5.30. The fourth-order valence-corrected chi connectivity index (χ4v) is 3.99. The predicted octanol–water partition coefficient (Wildman–Crippen LogP) is 2.92. The molecule has 0 fully saturated rings. The van der Waals surface area contributed by atoms with E-state index < -0.39 is 0 Å². The molecule has 5 aromatic rings. The van der Waals surface area contributed by atoms with Gasteiger partial charge in [-0.1, -0.05) is 17.7 Å². The molecule has 0 N–H and O–H groups in total. The largest absolute Gasteiger partial charge is 0.328 e. The lowest BCUT2D eigenvalue weighted by Gasteiger charge is -2.23. The van der Waals surface area contributed by atoms with Crippen molar-refractivity contribution in [3.05, 3.63) is 89.3 Å². The minimum absolute atomic E-state index is 0.229. The quantitative estimate of drug-likeness (QED) is 0.427. The van der Waals surface area contributed by atoms with Crippen LogP contribution in [0.2, 0.25) is 0 Å². The molecule has 0 saturated carbocycles. The number of fused-ring (bicyclic) bond motifs is 3. The molecule has 1 aromatic carbocycles. The Hall–Kier alpha value is -4.27. The molecule has 0 spiro atoms. The molecule has 4 heterocycles. The van der Waals surface area contributed by atoms with Crippen molar-refractivity contribution in [3.63, 3.8) is 0 Å². The summed E-state index contributed by atoms with van der Waals surface area (Å²) >= 11 is 0. The van der Waals surface area contributed by atoms with E-state index in [1.165, 1.54) is 12.4 Å². The van der Waals surface area contributed by atoms with Crippen LogP contribution in [-0.4, -0.2) is 45.8 Å². The van der Waals surface area contributed by atoms with Crippen molar-refractivity contribution in [2.45, 2.75) is 26.9 Å². The van der Waals surface area contributed by atoms with E-state index in [9.17, 15) is 4.79 Å². The molecule has 158 valence electrons. The Bertz CT molecular complexity index is 1420. The average molecular weight is 424 g/mol. The normalized spacial score (nSPS) is 11.2. The molecule has 0 bridgehead atoms. The number of hydrogen-bond acceptors (Lipinski definition) is 7. The number of hydrogen-bond donors (Lipinski definition) is 0. The zero-order valence-corrected chi connectivity index (χ0v) is 17.7. The van der Waals surface area contributed by atoms with E-state index in [0.717, 1.165) is 33.2 Å². The van der Waals surface area contributed by atoms with Crippen LogP contribution in [0, 0.1) is 13.8 Å². The number of tetrazole rings is 1. The van der Waals surface area contributed by atoms with Gasteiger partial charge in [-0.25, -0.2) is 4.98 Å². The van der Waals surface area contributed by atoms with E-state index in [0.29, 0.717) is 18.7 Å². The maximum absolute atomic E-state index is 13.3. The molecule has 9 heteroatoms. The van der Waals surface area contributed by atoms with Crippen LogP contribution in [0.3, 0.4) is 0 Å². The fraction of sp³-hybridized carbons (Fsp3) is 0.174. The molecular formula is C23H20N8O. The van der Waals surface area contributed by atoms with Gasteiger partial charge >= 0.3 is 0 Å². The Morgan fingerprint density at radius 2 is 1.91 bits per heavy atom. The van der Waals surface area contributed by atoms with Crippen LogP contribution in [0.1, 0.15) is 32.7 Å². The zero-order chi connectivity index (χ0) is 22.1. The first-order chi connectivity index (χ1) is 15.6. The van der Waals surface area contributed by atoms with E-state index in [1.54, 1.807) is 28.0 Å². The van der Waals surface area contributed by atoms with Gasteiger partial charge in [0.2, 0.25) is 0 Å². The highest BCUT2D eigenvalue weighted by Crippen LogP contribution is 2.25. The lowest BCUT2D eigenvalue weighted by Crippen LogP contribution is -2.31. The lowest BCUT2D eigenvalue weighted by molar-refractivity contribution is 0.0724. The molecule has 5 rings (SSSR count). The number of rotatable bonds is 5. The second kappa shape index (κ2) is 8.10. The molecule has 4 aromatic heterocycles. The molecule has 32 heavy (non-hydrogen) atoms. The maximum Gasteiger partial charge on any atom is 0.274 e. The highest BCUT2D eigenvalue weighted by molar-refractivity contribution is 5.92. The van der Waals surface area contributed by atoms with Crippen molar-refractivity contribution in [2.75, 3.05) is 0 Å². The van der Waals surface area contributed by atoms with Crippen molar-refractivity contribution in [3.8, 4) is 0 Å². The Morgan fingerprint density at radius 3 is 2.69 bits per heavy atom. The summed E-state index contributed by atoms with van der Waals surface area (Å²) in [5.41, 5.74) is 5.84. The van der Waals surface area contributed by atoms with Crippen LogP contribution in [-0.2, 0) is 13.1 Å². The number of amides is 1. The second-order valence-electron chi connectivity index (χ2n) is 7.72. The monoisotopic (exact) mass is 424 g/mol. The number of aryl methyl sites for hydroxylation is 2. The van der Waals surface area contributed by atoms with Gasteiger partial charge in [0, 0.05) is 42.3 Å². The number of aromatic nitrogens is 7. The Labute approximate surface area is 183 Å². The maximum atomic E-state index is 13.3. The van der Waals surface area contributed by atoms with Crippen molar-refractivity contribution < 1.29 is 4.79 Å². The summed E-state index contributed by atoms with van der Waals surface area (Å²) < 4.78 is 1.74. The Kier molecular flexibility index (Phi) is 4.98. The molecule has 9 nitrogen and oxygen atoms in total. The van der Waals surface area contributed by atoms with Gasteiger partial charge in [-0.05, 0) is 53.6 Å². The van der Waals surface area contributed by atoms with Crippen LogP contribution in [0.4, 0.5) is 0 Å². The highest BCUT2D eigenvalue weighted by Gasteiger charge is 2.21. The molecule has 0 radical (unpaired) electrons. The molecule has 0 aliphatic rings. The topological polar surface area (TPSA) is 102 Å². The summed E-state index contributed by atoms with van der Waals surface area (Å²) in [5, 5.41) is 13.4. The molecule has 0 atom stereocenters. The minimum atomic E-state index is -0.229. The third kappa shape index (κ3) is 3.64. The predicted molar refractivity (Wildman–Crippen MR) is 118 cm³/mol. The van der Waals surface area contributed by atoms with Gasteiger partial charge in [-0.15, -0.1) is 5.10 Å². The molecule has 0 aliphatic carbocycles. The van der Waals surface area contributed by atoms with Crippen molar-refractivity contribution in [1.29, 1.82) is 0 Å². The third-order valence-electron chi connectivity index (χ3n) is 5.30. The van der Waals surface area contributed by atoms with E-state index >= 15 is 0 Å². The number of carbonyl (C=O) groups excluding carboxylic acids is 1. The van der Waals surface area contributed by atoms with Crippen molar-refractivity contribution in [1.82, 2.24) is 39.9 Å². The van der Waals surface area contributed by atoms with E-state index in [-0.39, 0.29) is 11.6 Å². The zero-order valence-electron chi connectivity index (χ0n) is 17.7. The number of pyridine rings is 2. The summed E-state index contributed by atoms with van der Waals surface area (Å²) in [6.07, 6.45) is 7.98. The van der Waals surface area contributed by atoms with Crippen LogP contribution < -0.4 is 0 Å². The van der Waals surface area contributed by atoms with Gasteiger partial charge in [0.15, 0.2) is 5.65 Å². The first kappa shape index (κ1) is 19.7. The van der Waals surface area contributed by atoms with Crippen LogP contribution in [0.15, 0.2) is 61.3 Å². The van der Waals surface area contributed by atoms with Crippen LogP contribution >= 0.6 is 0 Å². The number of carbonyl (C=O) groups is 1. The van der Waals surface area contributed by atoms with Gasteiger partial charge < -0.3 is 4.90 Å². The van der Waals surface area contributed by atoms with E-state index in [2.05, 4.69) is 55.6 Å². The first-order valence-electron chi connectivity index (χ1n) is 10.2. The standard InChI is InChI=1S/C23H20N8O/c1-15-8-16(2)21-18(9-15)10-19(22-27-28-29-31(21)22)14-30(13-17-4-3-5-24-11-17)23(32)20-12-25-6-7-26-20/h3-12H,13-14H2,1-2H3. The summed E-state index contributed by atoms with van der Waals surface area (Å²) in [6, 6.07) is 10.0. The molecule has 0 unspecified atom stereocenters. The average Bonchev–Trinajstić information content (AvgIpc) is 3.29. The van der Waals surface area contributed by atoms with E-state index in [4.69, 9.17) is 0 Å². The smallest absolute Gasteiger partial charge is 0.274 e. The summed E-state index contributed by atoms with van der Waals surface area (Å²) in [5.74, 6) is -0.229.